The van der Waals surface area contributed by atoms with Crippen molar-refractivity contribution in [3.63, 3.8) is 0 Å². The van der Waals surface area contributed by atoms with Gasteiger partial charge in [0.05, 0.1) is 50.2 Å². The van der Waals surface area contributed by atoms with Gasteiger partial charge < -0.3 is 24.8 Å². The number of unbranched alkanes of at least 4 members (excludes halogenated alkanes) is 2. The van der Waals surface area contributed by atoms with E-state index in [4.69, 9.17) is 4.98 Å². The van der Waals surface area contributed by atoms with Crippen LogP contribution in [0.5, 0.6) is 0 Å². The Balaban J connectivity index is 0.789. The number of carbonyl (C=O) groups is 3. The maximum atomic E-state index is 14.5. The van der Waals surface area contributed by atoms with Crippen LogP contribution in [0.3, 0.4) is 0 Å². The molecule has 0 spiro atoms. The molecule has 0 radical (unpaired) electrons. The van der Waals surface area contributed by atoms with Crippen molar-refractivity contribution in [3.05, 3.63) is 92.3 Å². The van der Waals surface area contributed by atoms with E-state index in [0.29, 0.717) is 36.5 Å². The van der Waals surface area contributed by atoms with Crippen molar-refractivity contribution in [3.8, 4) is 10.4 Å². The van der Waals surface area contributed by atoms with Gasteiger partial charge in [0.15, 0.2) is 11.5 Å². The molecule has 16 heteroatoms. The van der Waals surface area contributed by atoms with Gasteiger partial charge in [-0.05, 0) is 135 Å². The number of Topliss-reactive ketones (excluding diaryl/α,β-unsaturated/α-hetero) is 1. The molecule has 2 saturated carbocycles. The third-order valence-corrected chi connectivity index (χ3v) is 18.3. The van der Waals surface area contributed by atoms with Crippen molar-refractivity contribution in [1.82, 2.24) is 34.1 Å². The summed E-state index contributed by atoms with van der Waals surface area (Å²) in [5.41, 5.74) is 6.74. The first-order chi connectivity index (χ1) is 35.5. The second-order valence-corrected chi connectivity index (χ2v) is 24.6. The highest BCUT2D eigenvalue weighted by atomic mass is 79.9. The van der Waals surface area contributed by atoms with Crippen LogP contribution in [0.4, 0.5) is 10.1 Å². The van der Waals surface area contributed by atoms with Gasteiger partial charge in [-0.3, -0.25) is 28.5 Å². The summed E-state index contributed by atoms with van der Waals surface area (Å²) >= 11 is 5.22. The quantitative estimate of drug-likeness (QED) is 0.0804. The number of likely N-dealkylation sites (tertiary alicyclic amines) is 1. The largest absolute Gasteiger partial charge is 0.391 e. The van der Waals surface area contributed by atoms with Crippen LogP contribution in [0.25, 0.3) is 38.2 Å². The second kappa shape index (κ2) is 21.5. The fraction of sp³-hybridized carbons (Fsp3) is 0.552. The maximum Gasteiger partial charge on any atom is 0.283 e. The molecule has 10 rings (SSSR count). The highest BCUT2D eigenvalue weighted by molar-refractivity contribution is 9.10. The van der Waals surface area contributed by atoms with E-state index < -0.39 is 29.1 Å². The second-order valence-electron chi connectivity index (χ2n) is 22.9. The number of nitrogens with one attached hydrogen (secondary N) is 1. The van der Waals surface area contributed by atoms with E-state index >= 15 is 0 Å². The molecule has 6 aromatic rings. The van der Waals surface area contributed by atoms with E-state index in [9.17, 15) is 28.7 Å². The Bertz CT molecular complexity index is 3100. The SMILES string of the molecule is Cc1ncsc1-c1ccc([C@H](CCCCCN2CCN(c3ccc4c(c3)n(C3CCCC3)c3nc(=O)c5c(Br)cccc5n43)[C@H](C)C2)NC(=O)[C@@H]2C[C@@H](O)CN2C(=O)[C@@H](CCCC(=O)C2(F)CC2)C(C)(C)C)cc1. The Morgan fingerprint density at radius 2 is 1.72 bits per heavy atom. The van der Waals surface area contributed by atoms with Crippen molar-refractivity contribution < 1.29 is 23.9 Å². The molecule has 394 valence electrons. The van der Waals surface area contributed by atoms with Crippen LogP contribution in [-0.2, 0) is 14.4 Å². The standard InChI is InChI=1S/C58H72BrFN8O5S/c1-36-33-64(29-30-65(36)41-24-25-46-48(31-41)67(40-13-8-9-14-40)56-63-54(72)51-44(59)16-12-18-47(51)68(46)56)28-10-6-7-17-45(38-20-22-39(23-21-38)52-37(2)61-35-74-52)62-53(71)49-32-42(69)34-66(49)55(73)43(57(3,4)5)15-11-19-50(70)58(60)26-27-58/h12,16,18,20-25,31,35-36,40,42-43,45,49,69H,6-11,13-15,17,19,26-30,32-34H2,1-5H3,(H,62,71)/t36-,42-,43-,45+,49+/m1/s1. The predicted molar refractivity (Wildman–Crippen MR) is 296 cm³/mol. The molecule has 2 amide bonds. The van der Waals surface area contributed by atoms with Gasteiger partial charge in [0.2, 0.25) is 17.6 Å². The first-order valence-electron chi connectivity index (χ1n) is 27.1. The van der Waals surface area contributed by atoms with Gasteiger partial charge in [0.1, 0.15) is 6.04 Å². The van der Waals surface area contributed by atoms with Crippen molar-refractivity contribution in [2.24, 2.45) is 11.3 Å². The van der Waals surface area contributed by atoms with Crippen LogP contribution in [-0.4, -0.2) is 108 Å². The molecule has 2 aliphatic carbocycles. The minimum absolute atomic E-state index is 0.0643. The Hall–Kier alpha value is -5.03. The summed E-state index contributed by atoms with van der Waals surface area (Å²) in [7, 11) is 0. The number of ketones is 1. The summed E-state index contributed by atoms with van der Waals surface area (Å²) in [6.07, 6.45) is 8.84. The van der Waals surface area contributed by atoms with Gasteiger partial charge in [0, 0.05) is 67.2 Å². The number of benzene rings is 3. The molecule has 3 aromatic carbocycles. The molecule has 5 atom stereocenters. The molecular formula is C58H72BrFN8O5S. The molecule has 0 bridgehead atoms. The number of hydrogen-bond donors (Lipinski definition) is 2. The van der Waals surface area contributed by atoms with Crippen LogP contribution in [0.15, 0.2) is 75.4 Å². The van der Waals surface area contributed by atoms with Gasteiger partial charge in [0.25, 0.3) is 5.56 Å². The summed E-state index contributed by atoms with van der Waals surface area (Å²) in [4.78, 5) is 71.7. The lowest BCUT2D eigenvalue weighted by molar-refractivity contribution is -0.145. The third kappa shape index (κ3) is 10.7. The number of thiazole rings is 1. The van der Waals surface area contributed by atoms with Gasteiger partial charge in [-0.25, -0.2) is 9.37 Å². The first kappa shape index (κ1) is 52.4. The average Bonchev–Trinajstić information content (AvgIpc) is 3.83. The lowest BCUT2D eigenvalue weighted by Gasteiger charge is -2.41. The Kier molecular flexibility index (Phi) is 15.3. The van der Waals surface area contributed by atoms with Crippen LogP contribution in [0, 0.1) is 18.3 Å². The van der Waals surface area contributed by atoms with E-state index in [1.165, 1.54) is 18.5 Å². The zero-order valence-corrected chi connectivity index (χ0v) is 46.0. The minimum Gasteiger partial charge on any atom is -0.391 e. The molecule has 2 N–H and O–H groups in total. The number of anilines is 1. The molecule has 4 fully saturated rings. The number of hydrogen-bond acceptors (Lipinski definition) is 10. The Labute approximate surface area is 446 Å². The number of fused-ring (bicyclic) bond motifs is 5. The number of alkyl halides is 1. The molecule has 2 saturated heterocycles. The molecule has 0 unspecified atom stereocenters. The van der Waals surface area contributed by atoms with E-state index in [1.807, 2.05) is 51.4 Å². The van der Waals surface area contributed by atoms with E-state index in [1.54, 1.807) is 16.2 Å². The number of piperazine rings is 1. The smallest absolute Gasteiger partial charge is 0.283 e. The predicted octanol–water partition coefficient (Wildman–Crippen LogP) is 10.9. The van der Waals surface area contributed by atoms with Crippen LogP contribution >= 0.6 is 27.3 Å². The molecule has 13 nitrogen and oxygen atoms in total. The number of nitrogens with zero attached hydrogens (tertiary/aromatic N) is 7. The molecule has 5 heterocycles. The first-order valence-corrected chi connectivity index (χ1v) is 28.8. The summed E-state index contributed by atoms with van der Waals surface area (Å²) in [6, 6.07) is 20.5. The van der Waals surface area contributed by atoms with Gasteiger partial charge in [-0.15, -0.1) is 11.3 Å². The topological polar surface area (TPSA) is 145 Å². The zero-order valence-electron chi connectivity index (χ0n) is 43.6. The third-order valence-electron chi connectivity index (χ3n) is 16.7. The number of amides is 2. The van der Waals surface area contributed by atoms with Gasteiger partial charge in [-0.1, -0.05) is 76.8 Å². The highest BCUT2D eigenvalue weighted by Crippen LogP contribution is 2.43. The normalized spacial score (nSPS) is 21.3. The van der Waals surface area contributed by atoms with E-state index in [0.717, 1.165) is 101 Å². The minimum atomic E-state index is -1.69. The van der Waals surface area contributed by atoms with E-state index in [-0.39, 0.29) is 67.5 Å². The van der Waals surface area contributed by atoms with Gasteiger partial charge >= 0.3 is 0 Å². The van der Waals surface area contributed by atoms with Crippen LogP contribution in [0.2, 0.25) is 0 Å². The number of imidazole rings is 1. The molecule has 3 aromatic heterocycles. The number of rotatable bonds is 18. The highest BCUT2D eigenvalue weighted by Gasteiger charge is 2.50. The van der Waals surface area contributed by atoms with Gasteiger partial charge in [-0.2, -0.15) is 4.98 Å². The van der Waals surface area contributed by atoms with Crippen molar-refractivity contribution >= 4 is 78.3 Å². The summed E-state index contributed by atoms with van der Waals surface area (Å²) in [5.74, 6) is -0.653. The number of aromatic nitrogens is 4. The molecule has 74 heavy (non-hydrogen) atoms. The fourth-order valence-electron chi connectivity index (χ4n) is 12.3. The number of carbonyl (C=O) groups excluding carboxylic acids is 3. The average molecular weight is 1090 g/mol. The summed E-state index contributed by atoms with van der Waals surface area (Å²) in [5, 5.41) is 14.9. The van der Waals surface area contributed by atoms with Crippen LogP contribution < -0.4 is 15.8 Å². The number of aliphatic hydroxyl groups excluding tert-OH is 1. The van der Waals surface area contributed by atoms with E-state index in [2.05, 4.69) is 94.4 Å². The summed E-state index contributed by atoms with van der Waals surface area (Å²) in [6.45, 7) is 14.1. The summed E-state index contributed by atoms with van der Waals surface area (Å²) < 4.78 is 19.7. The number of aliphatic hydroxyl groups is 1. The van der Waals surface area contributed by atoms with Crippen molar-refractivity contribution in [2.75, 3.05) is 37.6 Å². The number of halogens is 2. The number of aryl methyl sites for hydroxylation is 1. The lowest BCUT2D eigenvalue weighted by atomic mass is 9.76. The molecular weight excluding hydrogens is 1020 g/mol. The van der Waals surface area contributed by atoms with Crippen molar-refractivity contribution in [1.29, 1.82) is 0 Å². The zero-order chi connectivity index (χ0) is 52.1. The van der Waals surface area contributed by atoms with Crippen LogP contribution in [0.1, 0.15) is 141 Å². The van der Waals surface area contributed by atoms with Crippen molar-refractivity contribution in [2.45, 2.75) is 160 Å². The lowest BCUT2D eigenvalue weighted by Crippen LogP contribution is -2.52. The Morgan fingerprint density at radius 3 is 2.42 bits per heavy atom. The molecule has 4 aliphatic rings. The molecule has 2 aliphatic heterocycles. The number of β-amino-alcohol motifs (C(OH)–C–C–N with tert-alkyl or cyclic N) is 1. The Morgan fingerprint density at radius 1 is 0.946 bits per heavy atom. The fourth-order valence-corrected chi connectivity index (χ4v) is 13.7. The monoisotopic (exact) mass is 1090 g/mol. The maximum absolute atomic E-state index is 14.5.